The normalized spacial score (nSPS) is 12.2. The van der Waals surface area contributed by atoms with E-state index in [-0.39, 0.29) is 24.4 Å². The fourth-order valence-electron chi connectivity index (χ4n) is 3.47. The van der Waals surface area contributed by atoms with Gasteiger partial charge in [0.2, 0.25) is 0 Å². The van der Waals surface area contributed by atoms with E-state index in [1.54, 1.807) is 12.4 Å². The van der Waals surface area contributed by atoms with E-state index in [4.69, 9.17) is 0 Å². The third-order valence-corrected chi connectivity index (χ3v) is 6.46. The largest absolute Gasteiger partial charge is 0.435 e. The monoisotopic (exact) mass is 530 g/mol. The molecule has 0 saturated carbocycles. The Hall–Kier alpha value is -2.99. The van der Waals surface area contributed by atoms with Gasteiger partial charge < -0.3 is 5.32 Å². The first kappa shape index (κ1) is 27.6. The SMILES string of the molecule is CCN(CCc1nc(C(F)(F)F)c(C(=O)NCCc2cccc(C(F)(F)F)c2)s1)Cc1ccncc1. The van der Waals surface area contributed by atoms with E-state index in [2.05, 4.69) is 15.3 Å². The van der Waals surface area contributed by atoms with Gasteiger partial charge in [-0.05, 0) is 42.3 Å². The van der Waals surface area contributed by atoms with E-state index in [0.717, 1.165) is 17.7 Å². The number of halogens is 6. The van der Waals surface area contributed by atoms with Crippen LogP contribution < -0.4 is 5.32 Å². The molecule has 0 fully saturated rings. The molecule has 194 valence electrons. The highest BCUT2D eigenvalue weighted by Crippen LogP contribution is 2.34. The summed E-state index contributed by atoms with van der Waals surface area (Å²) in [6.45, 7) is 3.52. The number of nitrogens with one attached hydrogen (secondary N) is 1. The third-order valence-electron chi connectivity index (χ3n) is 5.34. The number of benzene rings is 1. The number of hydrogen-bond acceptors (Lipinski definition) is 5. The molecule has 0 radical (unpaired) electrons. The highest BCUT2D eigenvalue weighted by molar-refractivity contribution is 7.13. The number of aromatic nitrogens is 2. The van der Waals surface area contributed by atoms with Gasteiger partial charge in [-0.2, -0.15) is 26.3 Å². The lowest BCUT2D eigenvalue weighted by Crippen LogP contribution is -2.27. The third kappa shape index (κ3) is 7.76. The number of alkyl halides is 6. The summed E-state index contributed by atoms with van der Waals surface area (Å²) in [7, 11) is 0. The minimum Gasteiger partial charge on any atom is -0.351 e. The zero-order valence-corrected chi connectivity index (χ0v) is 20.1. The molecular formula is C24H24F6N4OS. The summed E-state index contributed by atoms with van der Waals surface area (Å²) in [5.74, 6) is -0.956. The molecule has 0 spiro atoms. The van der Waals surface area contributed by atoms with Crippen LogP contribution in [0.3, 0.4) is 0 Å². The Morgan fingerprint density at radius 2 is 1.72 bits per heavy atom. The first-order valence-electron chi connectivity index (χ1n) is 11.1. The van der Waals surface area contributed by atoms with E-state index in [1.165, 1.54) is 12.1 Å². The molecule has 0 unspecified atom stereocenters. The lowest BCUT2D eigenvalue weighted by molar-refractivity contribution is -0.141. The van der Waals surface area contributed by atoms with Gasteiger partial charge in [0.25, 0.3) is 5.91 Å². The highest BCUT2D eigenvalue weighted by atomic mass is 32.1. The van der Waals surface area contributed by atoms with Crippen LogP contribution in [0.1, 0.15) is 44.0 Å². The lowest BCUT2D eigenvalue weighted by atomic mass is 10.1. The number of nitrogens with zero attached hydrogens (tertiary/aromatic N) is 3. The summed E-state index contributed by atoms with van der Waals surface area (Å²) >= 11 is 0.677. The van der Waals surface area contributed by atoms with E-state index in [1.807, 2.05) is 24.0 Å². The van der Waals surface area contributed by atoms with Crippen LogP contribution in [0, 0.1) is 0 Å². The van der Waals surface area contributed by atoms with Crippen molar-refractivity contribution < 1.29 is 31.1 Å². The van der Waals surface area contributed by atoms with Gasteiger partial charge in [0.15, 0.2) is 5.69 Å². The molecule has 5 nitrogen and oxygen atoms in total. The van der Waals surface area contributed by atoms with E-state index < -0.39 is 34.4 Å². The standard InChI is InChI=1S/C24H24F6N4OS/c1-2-34(15-17-6-10-31-11-7-17)13-9-19-33-21(24(28,29)30)20(36-19)22(35)32-12-8-16-4-3-5-18(14-16)23(25,26)27/h3-7,10-11,14H,2,8-9,12-13,15H2,1H3,(H,32,35). The molecule has 1 aromatic carbocycles. The van der Waals surface area contributed by atoms with Crippen LogP contribution in [-0.2, 0) is 31.7 Å². The van der Waals surface area contributed by atoms with E-state index >= 15 is 0 Å². The van der Waals surface area contributed by atoms with E-state index in [9.17, 15) is 31.1 Å². The molecule has 2 heterocycles. The minimum atomic E-state index is -4.82. The molecule has 0 atom stereocenters. The molecule has 1 N–H and O–H groups in total. The van der Waals surface area contributed by atoms with Crippen molar-refractivity contribution in [1.29, 1.82) is 0 Å². The first-order valence-corrected chi connectivity index (χ1v) is 11.9. The number of pyridine rings is 1. The van der Waals surface area contributed by atoms with Gasteiger partial charge in [-0.3, -0.25) is 14.7 Å². The number of carbonyl (C=O) groups is 1. The first-order chi connectivity index (χ1) is 17.0. The Balaban J connectivity index is 1.64. The maximum atomic E-state index is 13.6. The van der Waals surface area contributed by atoms with Crippen molar-refractivity contribution in [2.45, 2.75) is 38.7 Å². The number of likely N-dealkylation sites (N-methyl/N-ethyl adjacent to an activating group) is 1. The lowest BCUT2D eigenvalue weighted by Gasteiger charge is -2.19. The summed E-state index contributed by atoms with van der Waals surface area (Å²) in [5.41, 5.74) is -0.762. The second-order valence-electron chi connectivity index (χ2n) is 7.96. The van der Waals surface area contributed by atoms with Gasteiger partial charge in [0.1, 0.15) is 4.88 Å². The number of amides is 1. The maximum Gasteiger partial charge on any atom is 0.435 e. The average molecular weight is 531 g/mol. The van der Waals surface area contributed by atoms with Crippen LogP contribution in [0.15, 0.2) is 48.8 Å². The number of carbonyl (C=O) groups excluding carboxylic acids is 1. The molecule has 3 aromatic rings. The molecule has 2 aromatic heterocycles. The van der Waals surface area contributed by atoms with Crippen molar-refractivity contribution in [2.24, 2.45) is 0 Å². The van der Waals surface area contributed by atoms with Crippen molar-refractivity contribution in [3.05, 3.63) is 81.1 Å². The molecule has 0 aliphatic carbocycles. The minimum absolute atomic E-state index is 0.0309. The average Bonchev–Trinajstić information content (AvgIpc) is 3.27. The molecule has 12 heteroatoms. The molecule has 0 saturated heterocycles. The predicted octanol–water partition coefficient (Wildman–Crippen LogP) is 5.61. The molecular weight excluding hydrogens is 506 g/mol. The van der Waals surface area contributed by atoms with Crippen LogP contribution in [-0.4, -0.2) is 40.4 Å². The van der Waals surface area contributed by atoms with Crippen LogP contribution in [0.4, 0.5) is 26.3 Å². The second kappa shape index (κ2) is 11.8. The Kier molecular flexibility index (Phi) is 9.07. The van der Waals surface area contributed by atoms with E-state index in [0.29, 0.717) is 36.5 Å². The predicted molar refractivity (Wildman–Crippen MR) is 123 cm³/mol. The second-order valence-corrected chi connectivity index (χ2v) is 9.04. The molecule has 1 amide bonds. The van der Waals surface area contributed by atoms with Crippen molar-refractivity contribution in [2.75, 3.05) is 19.6 Å². The van der Waals surface area contributed by atoms with Crippen LogP contribution in [0.2, 0.25) is 0 Å². The smallest absolute Gasteiger partial charge is 0.351 e. The topological polar surface area (TPSA) is 58.1 Å². The van der Waals surface area contributed by atoms with Gasteiger partial charge >= 0.3 is 12.4 Å². The Bertz CT molecular complexity index is 1150. The van der Waals surface area contributed by atoms with Gasteiger partial charge in [0, 0.05) is 38.4 Å². The Morgan fingerprint density at radius 1 is 1.00 bits per heavy atom. The van der Waals surface area contributed by atoms with Gasteiger partial charge in [0.05, 0.1) is 10.6 Å². The fraction of sp³-hybridized carbons (Fsp3) is 0.375. The van der Waals surface area contributed by atoms with Crippen LogP contribution >= 0.6 is 11.3 Å². The Morgan fingerprint density at radius 3 is 2.36 bits per heavy atom. The van der Waals surface area contributed by atoms with Crippen molar-refractivity contribution in [3.63, 3.8) is 0 Å². The molecule has 3 rings (SSSR count). The zero-order valence-electron chi connectivity index (χ0n) is 19.3. The fourth-order valence-corrected chi connectivity index (χ4v) is 4.46. The van der Waals surface area contributed by atoms with Gasteiger partial charge in [-0.1, -0.05) is 25.1 Å². The number of rotatable bonds is 10. The van der Waals surface area contributed by atoms with Crippen molar-refractivity contribution in [3.8, 4) is 0 Å². The molecule has 0 bridgehead atoms. The summed E-state index contributed by atoms with van der Waals surface area (Å²) < 4.78 is 79.2. The highest BCUT2D eigenvalue weighted by Gasteiger charge is 2.39. The van der Waals surface area contributed by atoms with Crippen LogP contribution in [0.25, 0.3) is 0 Å². The van der Waals surface area contributed by atoms with Crippen molar-refractivity contribution in [1.82, 2.24) is 20.2 Å². The summed E-state index contributed by atoms with van der Waals surface area (Å²) in [5, 5.41) is 2.55. The number of thiazole rings is 1. The Labute approximate surface area is 208 Å². The van der Waals surface area contributed by atoms with Crippen molar-refractivity contribution >= 4 is 17.2 Å². The van der Waals surface area contributed by atoms with Gasteiger partial charge in [-0.25, -0.2) is 4.98 Å². The quantitative estimate of drug-likeness (QED) is 0.346. The molecule has 0 aliphatic heterocycles. The maximum absolute atomic E-state index is 13.6. The number of hydrogen-bond donors (Lipinski definition) is 1. The summed E-state index contributed by atoms with van der Waals surface area (Å²) in [4.78, 5) is 21.7. The molecule has 0 aliphatic rings. The summed E-state index contributed by atoms with van der Waals surface area (Å²) in [6, 6.07) is 8.28. The zero-order chi connectivity index (χ0) is 26.3. The van der Waals surface area contributed by atoms with Gasteiger partial charge in [-0.15, -0.1) is 11.3 Å². The summed E-state index contributed by atoms with van der Waals surface area (Å²) in [6.07, 6.45) is -5.74. The van der Waals surface area contributed by atoms with Crippen LogP contribution in [0.5, 0.6) is 0 Å². The molecule has 36 heavy (non-hydrogen) atoms.